The van der Waals surface area contributed by atoms with Gasteiger partial charge < -0.3 is 5.32 Å². The number of nitrogens with one attached hydrogen (secondary N) is 1. The largest absolute Gasteiger partial charge is 0.357 e. The summed E-state index contributed by atoms with van der Waals surface area (Å²) in [4.78, 5) is 8.63. The number of nitrogens with zero attached hydrogens (tertiary/aromatic N) is 4. The molecular formula is C13H13N5. The third kappa shape index (κ3) is 1.79. The van der Waals surface area contributed by atoms with Crippen LogP contribution < -0.4 is 5.32 Å². The smallest absolute Gasteiger partial charge is 0.222 e. The second-order valence-corrected chi connectivity index (χ2v) is 4.12. The molecule has 0 unspecified atom stereocenters. The highest BCUT2D eigenvalue weighted by atomic mass is 15.2. The fraction of sp³-hybridized carbons (Fsp3) is 0.154. The molecule has 0 bridgehead atoms. The maximum absolute atomic E-state index is 4.44. The van der Waals surface area contributed by atoms with Crippen LogP contribution in [0.4, 0.5) is 5.95 Å². The Kier molecular flexibility index (Phi) is 2.44. The molecule has 3 aromatic rings. The molecule has 0 aliphatic heterocycles. The topological polar surface area (TPSA) is 55.6 Å². The third-order valence-corrected chi connectivity index (χ3v) is 2.84. The quantitative estimate of drug-likeness (QED) is 0.743. The number of anilines is 1. The molecule has 0 spiro atoms. The van der Waals surface area contributed by atoms with Crippen LogP contribution in [0.3, 0.4) is 0 Å². The van der Waals surface area contributed by atoms with Gasteiger partial charge in [-0.25, -0.2) is 9.97 Å². The fourth-order valence-corrected chi connectivity index (χ4v) is 1.89. The van der Waals surface area contributed by atoms with Gasteiger partial charge in [-0.3, -0.25) is 4.68 Å². The van der Waals surface area contributed by atoms with Gasteiger partial charge in [0.05, 0.1) is 11.7 Å². The number of fused-ring (bicyclic) bond motifs is 1. The number of aryl methyl sites for hydroxylation is 1. The first kappa shape index (κ1) is 10.7. The van der Waals surface area contributed by atoms with Crippen molar-refractivity contribution >= 4 is 16.9 Å². The van der Waals surface area contributed by atoms with E-state index in [0.717, 1.165) is 22.0 Å². The normalized spacial score (nSPS) is 10.8. The lowest BCUT2D eigenvalue weighted by Crippen LogP contribution is -1.95. The summed E-state index contributed by atoms with van der Waals surface area (Å²) in [6, 6.07) is 6.13. The van der Waals surface area contributed by atoms with Crippen molar-refractivity contribution in [3.05, 3.63) is 36.8 Å². The van der Waals surface area contributed by atoms with E-state index in [1.165, 1.54) is 0 Å². The van der Waals surface area contributed by atoms with E-state index in [0.29, 0.717) is 5.95 Å². The lowest BCUT2D eigenvalue weighted by atomic mass is 10.1. The van der Waals surface area contributed by atoms with E-state index in [-0.39, 0.29) is 0 Å². The average molecular weight is 239 g/mol. The van der Waals surface area contributed by atoms with Gasteiger partial charge >= 0.3 is 0 Å². The molecule has 0 saturated heterocycles. The van der Waals surface area contributed by atoms with Crippen LogP contribution in [0.25, 0.3) is 22.0 Å². The minimum absolute atomic E-state index is 0.630. The highest BCUT2D eigenvalue weighted by molar-refractivity contribution is 5.84. The van der Waals surface area contributed by atoms with Crippen LogP contribution in [-0.2, 0) is 7.05 Å². The zero-order valence-electron chi connectivity index (χ0n) is 10.3. The summed E-state index contributed by atoms with van der Waals surface area (Å²) in [5.74, 6) is 0.630. The van der Waals surface area contributed by atoms with Crippen molar-refractivity contribution in [1.82, 2.24) is 19.7 Å². The van der Waals surface area contributed by atoms with Crippen LogP contribution in [0, 0.1) is 0 Å². The van der Waals surface area contributed by atoms with Crippen molar-refractivity contribution in [2.45, 2.75) is 0 Å². The van der Waals surface area contributed by atoms with Crippen molar-refractivity contribution in [3.8, 4) is 11.1 Å². The van der Waals surface area contributed by atoms with Gasteiger partial charge in [-0.05, 0) is 11.6 Å². The number of hydrogen-bond acceptors (Lipinski definition) is 4. The predicted octanol–water partition coefficient (Wildman–Crippen LogP) is 2.07. The van der Waals surface area contributed by atoms with E-state index in [4.69, 9.17) is 0 Å². The Hall–Kier alpha value is -2.43. The molecule has 0 aliphatic carbocycles. The van der Waals surface area contributed by atoms with Crippen molar-refractivity contribution < 1.29 is 0 Å². The molecule has 0 fully saturated rings. The van der Waals surface area contributed by atoms with E-state index in [9.17, 15) is 0 Å². The highest BCUT2D eigenvalue weighted by Gasteiger charge is 2.03. The first-order valence-electron chi connectivity index (χ1n) is 5.70. The second-order valence-electron chi connectivity index (χ2n) is 4.12. The summed E-state index contributed by atoms with van der Waals surface area (Å²) < 4.78 is 1.79. The molecule has 0 radical (unpaired) electrons. The molecule has 0 atom stereocenters. The SMILES string of the molecule is CNc1ncc2ccc(-c3cnn(C)c3)cc2n1. The molecule has 2 aromatic heterocycles. The summed E-state index contributed by atoms with van der Waals surface area (Å²) >= 11 is 0. The van der Waals surface area contributed by atoms with Crippen LogP contribution in [0.15, 0.2) is 36.8 Å². The summed E-state index contributed by atoms with van der Waals surface area (Å²) in [6.45, 7) is 0. The molecule has 18 heavy (non-hydrogen) atoms. The molecule has 5 heteroatoms. The van der Waals surface area contributed by atoms with Crippen LogP contribution >= 0.6 is 0 Å². The molecule has 1 aromatic carbocycles. The maximum Gasteiger partial charge on any atom is 0.222 e. The summed E-state index contributed by atoms with van der Waals surface area (Å²) in [6.07, 6.45) is 5.66. The Labute approximate surface area is 104 Å². The van der Waals surface area contributed by atoms with E-state index in [1.807, 2.05) is 38.8 Å². The predicted molar refractivity (Wildman–Crippen MR) is 71.3 cm³/mol. The van der Waals surface area contributed by atoms with Gasteiger partial charge in [-0.15, -0.1) is 0 Å². The zero-order valence-corrected chi connectivity index (χ0v) is 10.3. The zero-order chi connectivity index (χ0) is 12.5. The maximum atomic E-state index is 4.44. The molecule has 0 saturated carbocycles. The van der Waals surface area contributed by atoms with Crippen molar-refractivity contribution in [1.29, 1.82) is 0 Å². The Morgan fingerprint density at radius 1 is 1.17 bits per heavy atom. The van der Waals surface area contributed by atoms with Crippen molar-refractivity contribution in [2.75, 3.05) is 12.4 Å². The lowest BCUT2D eigenvalue weighted by Gasteiger charge is -2.03. The first-order chi connectivity index (χ1) is 8.76. The van der Waals surface area contributed by atoms with Crippen LogP contribution in [0.1, 0.15) is 0 Å². The van der Waals surface area contributed by atoms with Gasteiger partial charge in [0.2, 0.25) is 5.95 Å². The fourth-order valence-electron chi connectivity index (χ4n) is 1.89. The molecule has 90 valence electrons. The molecule has 5 nitrogen and oxygen atoms in total. The molecule has 3 rings (SSSR count). The van der Waals surface area contributed by atoms with Crippen molar-refractivity contribution in [3.63, 3.8) is 0 Å². The highest BCUT2D eigenvalue weighted by Crippen LogP contribution is 2.23. The number of rotatable bonds is 2. The van der Waals surface area contributed by atoms with Gasteiger partial charge in [-0.2, -0.15) is 5.10 Å². The average Bonchev–Trinajstić information content (AvgIpc) is 2.84. The van der Waals surface area contributed by atoms with E-state index >= 15 is 0 Å². The number of aromatic nitrogens is 4. The van der Waals surface area contributed by atoms with Crippen LogP contribution in [-0.4, -0.2) is 26.8 Å². The molecule has 0 aliphatic rings. The van der Waals surface area contributed by atoms with Gasteiger partial charge in [0.1, 0.15) is 0 Å². The molecule has 0 amide bonds. The monoisotopic (exact) mass is 239 g/mol. The summed E-state index contributed by atoms with van der Waals surface area (Å²) in [5, 5.41) is 8.15. The van der Waals surface area contributed by atoms with Crippen molar-refractivity contribution in [2.24, 2.45) is 7.05 Å². The van der Waals surface area contributed by atoms with E-state index in [2.05, 4.69) is 32.5 Å². The molecule has 1 N–H and O–H groups in total. The van der Waals surface area contributed by atoms with E-state index in [1.54, 1.807) is 4.68 Å². The molecule has 2 heterocycles. The third-order valence-electron chi connectivity index (χ3n) is 2.84. The summed E-state index contributed by atoms with van der Waals surface area (Å²) in [7, 11) is 3.72. The van der Waals surface area contributed by atoms with Gasteiger partial charge in [0.15, 0.2) is 0 Å². The standard InChI is InChI=1S/C13H13N5/c1-14-13-15-6-10-4-3-9(5-12(10)17-13)11-7-16-18(2)8-11/h3-8H,1-2H3,(H,14,15,17). The lowest BCUT2D eigenvalue weighted by molar-refractivity contribution is 0.768. The van der Waals surface area contributed by atoms with Gasteiger partial charge in [0.25, 0.3) is 0 Å². The molecular weight excluding hydrogens is 226 g/mol. The Morgan fingerprint density at radius 2 is 2.06 bits per heavy atom. The van der Waals surface area contributed by atoms with Gasteiger partial charge in [-0.1, -0.05) is 12.1 Å². The number of benzene rings is 1. The Balaban J connectivity index is 2.14. The Morgan fingerprint density at radius 3 is 2.78 bits per heavy atom. The van der Waals surface area contributed by atoms with Crippen LogP contribution in [0.5, 0.6) is 0 Å². The minimum Gasteiger partial charge on any atom is -0.357 e. The Bertz CT molecular complexity index is 701. The van der Waals surface area contributed by atoms with Crippen LogP contribution in [0.2, 0.25) is 0 Å². The van der Waals surface area contributed by atoms with E-state index < -0.39 is 0 Å². The summed E-state index contributed by atoms with van der Waals surface area (Å²) in [5.41, 5.74) is 3.12. The minimum atomic E-state index is 0.630. The first-order valence-corrected chi connectivity index (χ1v) is 5.70. The van der Waals surface area contributed by atoms with Gasteiger partial charge in [0, 0.05) is 37.4 Å². The number of hydrogen-bond donors (Lipinski definition) is 1. The second kappa shape index (κ2) is 4.10.